The van der Waals surface area contributed by atoms with E-state index in [0.29, 0.717) is 65.4 Å². The number of nitrogens with one attached hydrogen (secondary N) is 2. The van der Waals surface area contributed by atoms with Crippen molar-refractivity contribution < 1.29 is 28.7 Å². The lowest BCUT2D eigenvalue weighted by molar-refractivity contribution is -0.142. The van der Waals surface area contributed by atoms with E-state index >= 15 is 0 Å². The van der Waals surface area contributed by atoms with Gasteiger partial charge in [0.05, 0.1) is 26.4 Å². The van der Waals surface area contributed by atoms with Crippen molar-refractivity contribution in [2.75, 3.05) is 93.9 Å². The largest absolute Gasteiger partial charge is 0.377 e. The van der Waals surface area contributed by atoms with Crippen molar-refractivity contribution in [1.29, 1.82) is 0 Å². The SMILES string of the molecule is CCCCCCCCCCCCCCCCCC(=O)N(CCCN(C)C)C(C(=O)NCCOCCOCCNC(=O)C(C(C)C)N(CCCN(C)C)C(=O)CCCCCCCCCCCCCCCCC)C(C)C. The molecule has 12 heteroatoms. The minimum Gasteiger partial charge on any atom is -0.377 e. The van der Waals surface area contributed by atoms with E-state index in [1.54, 1.807) is 0 Å². The van der Waals surface area contributed by atoms with E-state index in [9.17, 15) is 19.2 Å². The first-order valence-corrected chi connectivity index (χ1v) is 31.4. The van der Waals surface area contributed by atoms with Gasteiger partial charge >= 0.3 is 0 Å². The van der Waals surface area contributed by atoms with Gasteiger partial charge in [0.15, 0.2) is 0 Å². The normalized spacial score (nSPS) is 12.6. The summed E-state index contributed by atoms with van der Waals surface area (Å²) in [5.74, 6) is -0.164. The van der Waals surface area contributed by atoms with Crippen LogP contribution in [0.4, 0.5) is 0 Å². The topological polar surface area (TPSA) is 124 Å². The van der Waals surface area contributed by atoms with Gasteiger partial charge < -0.3 is 39.7 Å². The van der Waals surface area contributed by atoms with Crippen LogP contribution in [0.15, 0.2) is 0 Å². The number of hydrogen-bond acceptors (Lipinski definition) is 8. The fraction of sp³-hybridized carbons (Fsp3) is 0.935. The van der Waals surface area contributed by atoms with Crippen LogP contribution in [0.25, 0.3) is 0 Å². The highest BCUT2D eigenvalue weighted by atomic mass is 16.5. The minimum atomic E-state index is -0.531. The Morgan fingerprint density at radius 2 is 0.608 bits per heavy atom. The van der Waals surface area contributed by atoms with Crippen molar-refractivity contribution in [3.63, 3.8) is 0 Å². The molecule has 0 spiro atoms. The second-order valence-corrected chi connectivity index (χ2v) is 23.1. The molecule has 2 N–H and O–H groups in total. The van der Waals surface area contributed by atoms with Gasteiger partial charge in [-0.15, -0.1) is 0 Å². The minimum absolute atomic E-state index is 0.0275. The number of nitrogens with zero attached hydrogens (tertiary/aromatic N) is 4. The van der Waals surface area contributed by atoms with Crippen LogP contribution in [0.5, 0.6) is 0 Å². The highest BCUT2D eigenvalue weighted by Gasteiger charge is 2.33. The van der Waals surface area contributed by atoms with Gasteiger partial charge in [0.25, 0.3) is 0 Å². The van der Waals surface area contributed by atoms with Gasteiger partial charge in [-0.1, -0.05) is 221 Å². The third kappa shape index (κ3) is 41.8. The molecule has 0 aromatic rings. The molecule has 0 aliphatic heterocycles. The monoisotopic (exact) mass is 1050 g/mol. The standard InChI is InChI=1S/C62H124N6O6/c1-11-13-15-17-19-21-23-25-27-29-31-33-35-37-39-43-57(69)67(49-41-47-65(7)8)59(55(3)4)61(71)63-45-51-73-53-54-74-52-46-64-62(72)60(56(5)6)68(50-42-48-66(9)10)58(70)44-40-38-36-34-32-30-28-26-24-22-20-18-16-14-12-2/h55-56,59-60H,11-54H2,1-10H3,(H,63,71)(H,64,72). The number of carbonyl (C=O) groups is 4. The molecule has 0 bridgehead atoms. The summed E-state index contributed by atoms with van der Waals surface area (Å²) in [6, 6.07) is -1.06. The smallest absolute Gasteiger partial charge is 0.243 e. The van der Waals surface area contributed by atoms with E-state index in [0.717, 1.165) is 51.6 Å². The fourth-order valence-corrected chi connectivity index (χ4v) is 10.2. The Hall–Kier alpha value is -2.28. The maximum atomic E-state index is 13.7. The van der Waals surface area contributed by atoms with Gasteiger partial charge in [0, 0.05) is 39.0 Å². The maximum absolute atomic E-state index is 13.7. The van der Waals surface area contributed by atoms with Crippen LogP contribution in [-0.2, 0) is 28.7 Å². The first-order valence-electron chi connectivity index (χ1n) is 31.4. The summed E-state index contributed by atoms with van der Waals surface area (Å²) < 4.78 is 11.6. The third-order valence-electron chi connectivity index (χ3n) is 14.6. The van der Waals surface area contributed by atoms with Gasteiger partial charge in [0.1, 0.15) is 12.1 Å². The van der Waals surface area contributed by atoms with Crippen LogP contribution in [0.3, 0.4) is 0 Å². The van der Waals surface area contributed by atoms with Crippen LogP contribution >= 0.6 is 0 Å². The summed E-state index contributed by atoms with van der Waals surface area (Å²) in [4.78, 5) is 62.6. The molecule has 74 heavy (non-hydrogen) atoms. The lowest BCUT2D eigenvalue weighted by atomic mass is 9.99. The summed E-state index contributed by atoms with van der Waals surface area (Å²) in [5.41, 5.74) is 0. The average Bonchev–Trinajstić information content (AvgIpc) is 3.35. The van der Waals surface area contributed by atoms with Crippen molar-refractivity contribution in [2.24, 2.45) is 11.8 Å². The molecule has 0 aliphatic rings. The summed E-state index contributed by atoms with van der Waals surface area (Å²) in [6.07, 6.45) is 41.2. The molecule has 2 atom stereocenters. The van der Waals surface area contributed by atoms with Crippen LogP contribution in [0, 0.1) is 11.8 Å². The lowest BCUT2D eigenvalue weighted by Gasteiger charge is -2.34. The van der Waals surface area contributed by atoms with Gasteiger partial charge in [-0.3, -0.25) is 19.2 Å². The molecule has 2 unspecified atom stereocenters. The number of unbranched alkanes of at least 4 members (excludes halogenated alkanes) is 28. The molecule has 0 aliphatic carbocycles. The number of carbonyl (C=O) groups excluding carboxylic acids is 4. The molecule has 0 rings (SSSR count). The molecule has 438 valence electrons. The number of ether oxygens (including phenoxy) is 2. The number of hydrogen-bond donors (Lipinski definition) is 2. The van der Waals surface area contributed by atoms with Crippen molar-refractivity contribution in [3.8, 4) is 0 Å². The van der Waals surface area contributed by atoms with E-state index in [4.69, 9.17) is 9.47 Å². The molecule has 4 amide bonds. The maximum Gasteiger partial charge on any atom is 0.243 e. The summed E-state index contributed by atoms with van der Waals surface area (Å²) >= 11 is 0. The second kappa shape index (κ2) is 51.5. The number of rotatable bonds is 55. The van der Waals surface area contributed by atoms with E-state index in [2.05, 4.69) is 34.3 Å². The summed E-state index contributed by atoms with van der Waals surface area (Å²) in [7, 11) is 8.15. The Labute approximate surface area is 458 Å². The molecule has 0 aromatic carbocycles. The zero-order chi connectivity index (χ0) is 54.9. The summed E-state index contributed by atoms with van der Waals surface area (Å²) in [6.45, 7) is 17.5. The molecule has 0 radical (unpaired) electrons. The van der Waals surface area contributed by atoms with E-state index in [-0.39, 0.29) is 35.5 Å². The van der Waals surface area contributed by atoms with E-state index in [1.807, 2.05) is 65.7 Å². The molecule has 0 saturated heterocycles. The molecule has 0 aromatic heterocycles. The molecular weight excluding hydrogens is 925 g/mol. The number of amides is 4. The predicted molar refractivity (Wildman–Crippen MR) is 314 cm³/mol. The molecule has 0 heterocycles. The first-order chi connectivity index (χ1) is 35.8. The molecule has 12 nitrogen and oxygen atoms in total. The van der Waals surface area contributed by atoms with Crippen LogP contribution in [-0.4, -0.2) is 149 Å². The van der Waals surface area contributed by atoms with Crippen LogP contribution in [0.2, 0.25) is 0 Å². The predicted octanol–water partition coefficient (Wildman–Crippen LogP) is 13.4. The first kappa shape index (κ1) is 71.7. The highest BCUT2D eigenvalue weighted by Crippen LogP contribution is 2.20. The van der Waals surface area contributed by atoms with Crippen LogP contribution < -0.4 is 10.6 Å². The van der Waals surface area contributed by atoms with Crippen LogP contribution in [0.1, 0.15) is 260 Å². The van der Waals surface area contributed by atoms with Crippen molar-refractivity contribution in [1.82, 2.24) is 30.2 Å². The molecule has 0 saturated carbocycles. The Morgan fingerprint density at radius 1 is 0.351 bits per heavy atom. The van der Waals surface area contributed by atoms with Crippen molar-refractivity contribution in [2.45, 2.75) is 272 Å². The average molecular weight is 1050 g/mol. The molecular formula is C62H124N6O6. The fourth-order valence-electron chi connectivity index (χ4n) is 10.2. The lowest BCUT2D eigenvalue weighted by Crippen LogP contribution is -2.53. The zero-order valence-corrected chi connectivity index (χ0v) is 50.7. The van der Waals surface area contributed by atoms with Gasteiger partial charge in [0.2, 0.25) is 23.6 Å². The Kier molecular flexibility index (Phi) is 49.9. The van der Waals surface area contributed by atoms with Gasteiger partial charge in [-0.05, 0) is 78.8 Å². The Morgan fingerprint density at radius 3 is 0.851 bits per heavy atom. The van der Waals surface area contributed by atoms with Gasteiger partial charge in [-0.25, -0.2) is 0 Å². The Balaban J connectivity index is 4.70. The van der Waals surface area contributed by atoms with E-state index in [1.165, 1.54) is 167 Å². The third-order valence-corrected chi connectivity index (χ3v) is 14.6. The van der Waals surface area contributed by atoms with Crippen molar-refractivity contribution in [3.05, 3.63) is 0 Å². The van der Waals surface area contributed by atoms with Gasteiger partial charge in [-0.2, -0.15) is 0 Å². The van der Waals surface area contributed by atoms with E-state index < -0.39 is 12.1 Å². The van der Waals surface area contributed by atoms with Crippen molar-refractivity contribution >= 4 is 23.6 Å². The quantitative estimate of drug-likeness (QED) is 0.0577. The zero-order valence-electron chi connectivity index (χ0n) is 50.7. The second-order valence-electron chi connectivity index (χ2n) is 23.1. The molecule has 0 fully saturated rings. The highest BCUT2D eigenvalue weighted by molar-refractivity contribution is 5.88. The Bertz CT molecular complexity index is 1200. The summed E-state index contributed by atoms with van der Waals surface area (Å²) in [5, 5.41) is 6.09.